The Hall–Kier alpha value is -1.81. The van der Waals surface area contributed by atoms with Crippen molar-refractivity contribution in [3.63, 3.8) is 0 Å². The first-order valence-corrected chi connectivity index (χ1v) is 6.86. The minimum atomic E-state index is -0.0279. The zero-order chi connectivity index (χ0) is 14.8. The second kappa shape index (κ2) is 9.15. The molecule has 4 heteroatoms. The van der Waals surface area contributed by atoms with Gasteiger partial charge in [0, 0.05) is 31.8 Å². The van der Waals surface area contributed by atoms with Crippen molar-refractivity contribution in [1.29, 1.82) is 0 Å². The minimum absolute atomic E-state index is 0.0279. The second-order valence-electron chi connectivity index (χ2n) is 4.62. The lowest BCUT2D eigenvalue weighted by atomic mass is 10.2. The highest BCUT2D eigenvalue weighted by Gasteiger charge is 2.05. The Morgan fingerprint density at radius 2 is 2.05 bits per heavy atom. The monoisotopic (exact) mass is 277 g/mol. The summed E-state index contributed by atoms with van der Waals surface area (Å²) in [7, 11) is 3.40. The van der Waals surface area contributed by atoms with Crippen LogP contribution in [0.25, 0.3) is 6.08 Å². The van der Waals surface area contributed by atoms with Crippen LogP contribution < -0.4 is 4.74 Å². The third-order valence-corrected chi connectivity index (χ3v) is 3.07. The van der Waals surface area contributed by atoms with Crippen molar-refractivity contribution in [2.45, 2.75) is 19.3 Å². The Bertz CT molecular complexity index is 443. The number of carbonyl (C=O) groups is 1. The molecule has 1 aromatic rings. The summed E-state index contributed by atoms with van der Waals surface area (Å²) in [5, 5.41) is 8.70. The number of hydrogen-bond donors (Lipinski definition) is 1. The Balaban J connectivity index is 2.50. The zero-order valence-corrected chi connectivity index (χ0v) is 12.2. The van der Waals surface area contributed by atoms with Crippen molar-refractivity contribution in [3.05, 3.63) is 35.9 Å². The molecule has 0 aliphatic heterocycles. The maximum absolute atomic E-state index is 11.9. The van der Waals surface area contributed by atoms with E-state index in [9.17, 15) is 4.79 Å². The van der Waals surface area contributed by atoms with Gasteiger partial charge in [0.15, 0.2) is 0 Å². The molecule has 0 heterocycles. The molecule has 1 N–H and O–H groups in total. The molecule has 1 rings (SSSR count). The minimum Gasteiger partial charge on any atom is -0.496 e. The number of hydrogen-bond acceptors (Lipinski definition) is 3. The molecule has 0 bridgehead atoms. The van der Waals surface area contributed by atoms with Gasteiger partial charge in [-0.2, -0.15) is 0 Å². The molecule has 0 aromatic heterocycles. The smallest absolute Gasteiger partial charge is 0.246 e. The molecule has 20 heavy (non-hydrogen) atoms. The van der Waals surface area contributed by atoms with E-state index in [1.807, 2.05) is 24.3 Å². The summed E-state index contributed by atoms with van der Waals surface area (Å²) in [5.41, 5.74) is 0.886. The first kappa shape index (κ1) is 16.2. The molecule has 0 fully saturated rings. The fourth-order valence-electron chi connectivity index (χ4n) is 1.84. The van der Waals surface area contributed by atoms with Gasteiger partial charge in [0.1, 0.15) is 5.75 Å². The molecule has 0 aliphatic rings. The van der Waals surface area contributed by atoms with Gasteiger partial charge in [-0.3, -0.25) is 4.79 Å². The molecule has 0 atom stereocenters. The van der Waals surface area contributed by atoms with Crippen molar-refractivity contribution in [2.75, 3.05) is 27.3 Å². The van der Waals surface area contributed by atoms with Crippen LogP contribution in [0.15, 0.2) is 30.3 Å². The van der Waals surface area contributed by atoms with E-state index in [0.717, 1.165) is 30.6 Å². The standard InChI is InChI=1S/C16H23NO3/c1-17(12-6-3-7-13-18)16(19)11-10-14-8-4-5-9-15(14)20-2/h4-5,8-11,18H,3,6-7,12-13H2,1-2H3/b11-10+. The third-order valence-electron chi connectivity index (χ3n) is 3.07. The topological polar surface area (TPSA) is 49.8 Å². The quantitative estimate of drug-likeness (QED) is 0.586. The van der Waals surface area contributed by atoms with Crippen LogP contribution in [0.5, 0.6) is 5.75 Å². The van der Waals surface area contributed by atoms with Gasteiger partial charge >= 0.3 is 0 Å². The van der Waals surface area contributed by atoms with Crippen molar-refractivity contribution in [1.82, 2.24) is 4.90 Å². The van der Waals surface area contributed by atoms with Gasteiger partial charge in [0.05, 0.1) is 7.11 Å². The lowest BCUT2D eigenvalue weighted by Gasteiger charge is -2.14. The van der Waals surface area contributed by atoms with E-state index in [0.29, 0.717) is 6.54 Å². The maximum atomic E-state index is 11.9. The van der Waals surface area contributed by atoms with Crippen LogP contribution in [0, 0.1) is 0 Å². The van der Waals surface area contributed by atoms with Gasteiger partial charge < -0.3 is 14.7 Å². The lowest BCUT2D eigenvalue weighted by Crippen LogP contribution is -2.25. The molecule has 0 spiro atoms. The predicted octanol–water partition coefficient (Wildman–Crippen LogP) is 2.33. The fraction of sp³-hybridized carbons (Fsp3) is 0.438. The molecule has 0 saturated heterocycles. The third kappa shape index (κ3) is 5.45. The van der Waals surface area contributed by atoms with E-state index >= 15 is 0 Å². The zero-order valence-electron chi connectivity index (χ0n) is 12.2. The molecule has 0 saturated carbocycles. The number of ether oxygens (including phenoxy) is 1. The normalized spacial score (nSPS) is 10.8. The number of unbranched alkanes of at least 4 members (excludes halogenated alkanes) is 2. The number of aliphatic hydroxyl groups excluding tert-OH is 1. The summed E-state index contributed by atoms with van der Waals surface area (Å²) < 4.78 is 5.23. The Morgan fingerprint density at radius 1 is 1.30 bits per heavy atom. The number of para-hydroxylation sites is 1. The van der Waals surface area contributed by atoms with Crippen LogP contribution in [-0.2, 0) is 4.79 Å². The summed E-state index contributed by atoms with van der Waals surface area (Å²) in [4.78, 5) is 13.6. The summed E-state index contributed by atoms with van der Waals surface area (Å²) in [6.45, 7) is 0.917. The van der Waals surface area contributed by atoms with E-state index in [1.165, 1.54) is 0 Å². The highest BCUT2D eigenvalue weighted by Crippen LogP contribution is 2.18. The van der Waals surface area contributed by atoms with Gasteiger partial charge in [-0.15, -0.1) is 0 Å². The summed E-state index contributed by atoms with van der Waals surface area (Å²) in [6.07, 6.45) is 5.96. The van der Waals surface area contributed by atoms with E-state index in [4.69, 9.17) is 9.84 Å². The van der Waals surface area contributed by atoms with Gasteiger partial charge in [-0.05, 0) is 31.4 Å². The number of aliphatic hydroxyl groups is 1. The molecular weight excluding hydrogens is 254 g/mol. The average molecular weight is 277 g/mol. The van der Waals surface area contributed by atoms with Crippen LogP contribution in [-0.4, -0.2) is 43.2 Å². The van der Waals surface area contributed by atoms with Crippen LogP contribution in [0.2, 0.25) is 0 Å². The van der Waals surface area contributed by atoms with E-state index in [2.05, 4.69) is 0 Å². The molecule has 110 valence electrons. The van der Waals surface area contributed by atoms with Gasteiger partial charge in [0.2, 0.25) is 5.91 Å². The summed E-state index contributed by atoms with van der Waals surface area (Å²) >= 11 is 0. The summed E-state index contributed by atoms with van der Waals surface area (Å²) in [5.74, 6) is 0.724. The van der Waals surface area contributed by atoms with Crippen molar-refractivity contribution in [3.8, 4) is 5.75 Å². The average Bonchev–Trinajstić information content (AvgIpc) is 2.49. The fourth-order valence-corrected chi connectivity index (χ4v) is 1.84. The highest BCUT2D eigenvalue weighted by molar-refractivity contribution is 5.91. The number of rotatable bonds is 8. The maximum Gasteiger partial charge on any atom is 0.246 e. The predicted molar refractivity (Wildman–Crippen MR) is 80.6 cm³/mol. The number of amides is 1. The molecule has 0 unspecified atom stereocenters. The van der Waals surface area contributed by atoms with Crippen molar-refractivity contribution >= 4 is 12.0 Å². The Morgan fingerprint density at radius 3 is 2.75 bits per heavy atom. The lowest BCUT2D eigenvalue weighted by molar-refractivity contribution is -0.124. The molecule has 1 amide bonds. The largest absolute Gasteiger partial charge is 0.496 e. The van der Waals surface area contributed by atoms with E-state index in [1.54, 1.807) is 31.2 Å². The van der Waals surface area contributed by atoms with Crippen LogP contribution in [0.4, 0.5) is 0 Å². The van der Waals surface area contributed by atoms with Crippen molar-refractivity contribution in [2.24, 2.45) is 0 Å². The molecule has 1 aromatic carbocycles. The van der Waals surface area contributed by atoms with Gasteiger partial charge in [-0.1, -0.05) is 18.2 Å². The second-order valence-corrected chi connectivity index (χ2v) is 4.62. The van der Waals surface area contributed by atoms with E-state index < -0.39 is 0 Å². The number of likely N-dealkylation sites (N-methyl/N-ethyl adjacent to an activating group) is 1. The molecule has 0 aliphatic carbocycles. The van der Waals surface area contributed by atoms with Crippen molar-refractivity contribution < 1.29 is 14.6 Å². The summed E-state index contributed by atoms with van der Waals surface area (Å²) in [6, 6.07) is 7.57. The molecule has 0 radical (unpaired) electrons. The first-order chi connectivity index (χ1) is 9.69. The van der Waals surface area contributed by atoms with Gasteiger partial charge in [0.25, 0.3) is 0 Å². The Kier molecular flexibility index (Phi) is 7.43. The Labute approximate surface area is 120 Å². The number of carbonyl (C=O) groups excluding carboxylic acids is 1. The molecule has 4 nitrogen and oxygen atoms in total. The van der Waals surface area contributed by atoms with Crippen LogP contribution in [0.1, 0.15) is 24.8 Å². The number of nitrogens with zero attached hydrogens (tertiary/aromatic N) is 1. The SMILES string of the molecule is COc1ccccc1/C=C/C(=O)N(C)CCCCCO. The van der Waals surface area contributed by atoms with Crippen LogP contribution in [0.3, 0.4) is 0 Å². The molecular formula is C16H23NO3. The number of benzene rings is 1. The van der Waals surface area contributed by atoms with Gasteiger partial charge in [-0.25, -0.2) is 0 Å². The van der Waals surface area contributed by atoms with Crippen LogP contribution >= 0.6 is 0 Å². The highest BCUT2D eigenvalue weighted by atomic mass is 16.5. The first-order valence-electron chi connectivity index (χ1n) is 6.86. The van der Waals surface area contributed by atoms with E-state index in [-0.39, 0.29) is 12.5 Å². The number of methoxy groups -OCH3 is 1.